The molecule has 0 saturated heterocycles. The monoisotopic (exact) mass is 636 g/mol. The fraction of sp³-hybridized carbons (Fsp3) is 0.700. The van der Waals surface area contributed by atoms with Crippen LogP contribution < -0.4 is 0 Å². The van der Waals surface area contributed by atoms with Crippen molar-refractivity contribution in [2.75, 3.05) is 0 Å². The maximum atomic E-state index is 14.0. The van der Waals surface area contributed by atoms with E-state index < -0.39 is 42.2 Å². The molecule has 0 aromatic heterocycles. The molecule has 1 saturated carbocycles. The minimum atomic E-state index is -1.20. The first-order valence-corrected chi connectivity index (χ1v) is 17.8. The van der Waals surface area contributed by atoms with Gasteiger partial charge in [0.25, 0.3) is 0 Å². The lowest BCUT2D eigenvalue weighted by molar-refractivity contribution is -0.148. The summed E-state index contributed by atoms with van der Waals surface area (Å²) in [5.74, 6) is -1.22. The lowest BCUT2D eigenvalue weighted by Gasteiger charge is -2.40. The van der Waals surface area contributed by atoms with E-state index in [2.05, 4.69) is 60.6 Å². The molecule has 256 valence electrons. The van der Waals surface area contributed by atoms with Crippen LogP contribution in [0.2, 0.25) is 0 Å². The molecule has 46 heavy (non-hydrogen) atoms. The summed E-state index contributed by atoms with van der Waals surface area (Å²) in [7, 11) is 0. The van der Waals surface area contributed by atoms with Crippen molar-refractivity contribution in [3.8, 4) is 0 Å². The first-order chi connectivity index (χ1) is 21.8. The van der Waals surface area contributed by atoms with Crippen LogP contribution in [-0.2, 0) is 14.3 Å². The topological polar surface area (TPSA) is 104 Å². The molecule has 4 aliphatic rings. The molecule has 0 aromatic rings. The molecule has 0 radical (unpaired) electrons. The third-order valence-electron chi connectivity index (χ3n) is 11.4. The van der Waals surface area contributed by atoms with Crippen LogP contribution >= 0.6 is 0 Å². The van der Waals surface area contributed by atoms with Crippen molar-refractivity contribution in [1.82, 2.24) is 0 Å². The van der Waals surface area contributed by atoms with Gasteiger partial charge in [0.1, 0.15) is 12.4 Å². The number of carbonyl (C=O) groups is 2. The summed E-state index contributed by atoms with van der Waals surface area (Å²) in [5.41, 5.74) is 5.39. The number of fused-ring (bicyclic) bond motifs is 2. The smallest absolute Gasteiger partial charge is 0.335 e. The third kappa shape index (κ3) is 8.22. The van der Waals surface area contributed by atoms with Gasteiger partial charge in [0.05, 0.1) is 12.2 Å². The molecule has 0 amide bonds. The third-order valence-corrected chi connectivity index (χ3v) is 11.4. The second-order valence-electron chi connectivity index (χ2n) is 15.7. The Morgan fingerprint density at radius 3 is 2.20 bits per heavy atom. The Morgan fingerprint density at radius 1 is 0.957 bits per heavy atom. The fourth-order valence-electron chi connectivity index (χ4n) is 8.92. The van der Waals surface area contributed by atoms with Crippen LogP contribution in [0.1, 0.15) is 107 Å². The number of esters is 1. The number of rotatable bonds is 11. The van der Waals surface area contributed by atoms with Crippen molar-refractivity contribution in [2.45, 2.75) is 131 Å². The zero-order valence-corrected chi connectivity index (χ0v) is 29.5. The highest BCUT2D eigenvalue weighted by Crippen LogP contribution is 2.58. The summed E-state index contributed by atoms with van der Waals surface area (Å²) in [4.78, 5) is 26.7. The Bertz CT molecular complexity index is 1260. The van der Waals surface area contributed by atoms with Crippen LogP contribution in [-0.4, -0.2) is 52.0 Å². The fourth-order valence-corrected chi connectivity index (χ4v) is 8.92. The predicted octanol–water partition coefficient (Wildman–Crippen LogP) is 7.45. The summed E-state index contributed by atoms with van der Waals surface area (Å²) in [6.07, 6.45) is 11.4. The van der Waals surface area contributed by atoms with Gasteiger partial charge < -0.3 is 20.1 Å². The predicted molar refractivity (Wildman–Crippen MR) is 184 cm³/mol. The molecule has 1 aliphatic heterocycles. The Hall–Kier alpha value is -2.28. The summed E-state index contributed by atoms with van der Waals surface area (Å²) < 4.78 is 6.20. The number of hydrogen-bond acceptors (Lipinski definition) is 6. The molecule has 6 nitrogen and oxygen atoms in total. The van der Waals surface area contributed by atoms with Gasteiger partial charge in [-0.05, 0) is 133 Å². The Labute approximate surface area is 277 Å². The van der Waals surface area contributed by atoms with Crippen molar-refractivity contribution < 1.29 is 29.6 Å². The van der Waals surface area contributed by atoms with Crippen LogP contribution in [0.3, 0.4) is 0 Å². The molecule has 1 fully saturated rings. The number of carbonyl (C=O) groups excluding carboxylic acids is 2. The maximum absolute atomic E-state index is 14.0. The number of hydrogen-bond donors (Lipinski definition) is 3. The first-order valence-electron chi connectivity index (χ1n) is 17.8. The van der Waals surface area contributed by atoms with Gasteiger partial charge in [0, 0.05) is 17.4 Å². The second kappa shape index (κ2) is 15.7. The zero-order chi connectivity index (χ0) is 33.9. The van der Waals surface area contributed by atoms with Crippen molar-refractivity contribution >= 4 is 12.3 Å². The van der Waals surface area contributed by atoms with E-state index in [0.717, 1.165) is 49.5 Å². The normalized spacial score (nSPS) is 37.1. The van der Waals surface area contributed by atoms with E-state index in [1.165, 1.54) is 11.1 Å². The highest BCUT2D eigenvalue weighted by atomic mass is 16.6. The van der Waals surface area contributed by atoms with Crippen LogP contribution in [0.15, 0.2) is 57.7 Å². The van der Waals surface area contributed by atoms with Gasteiger partial charge >= 0.3 is 5.97 Å². The lowest BCUT2D eigenvalue weighted by atomic mass is 9.67. The number of aliphatic hydroxyl groups excluding tert-OH is 3. The van der Waals surface area contributed by atoms with Gasteiger partial charge in [-0.2, -0.15) is 0 Å². The van der Waals surface area contributed by atoms with Crippen molar-refractivity contribution in [3.05, 3.63) is 57.7 Å². The SMILES string of the molecule is CC(C)=CCC[C@H](C)[C@@H]1C2=C([C@@H]3C[C@@H]3[C@@H](C)C[C@@H]1O)[C@@H]([C@@H](O)[C@H]1/C(C=O)=C\C/C=C(\C)C[C@H](O)[C@@H]1[C@@H](C)CCC=C(C)C)OC2=O. The largest absolute Gasteiger partial charge is 0.452 e. The Morgan fingerprint density at radius 2 is 1.59 bits per heavy atom. The summed E-state index contributed by atoms with van der Waals surface area (Å²) in [6, 6.07) is 0. The van der Waals surface area contributed by atoms with E-state index in [9.17, 15) is 24.9 Å². The minimum Gasteiger partial charge on any atom is -0.452 e. The van der Waals surface area contributed by atoms with E-state index in [0.29, 0.717) is 36.3 Å². The molecular weight excluding hydrogens is 576 g/mol. The van der Waals surface area contributed by atoms with Gasteiger partial charge in [-0.15, -0.1) is 0 Å². The second-order valence-corrected chi connectivity index (χ2v) is 15.7. The Kier molecular flexibility index (Phi) is 12.5. The molecule has 12 atom stereocenters. The highest BCUT2D eigenvalue weighted by Gasteiger charge is 2.58. The van der Waals surface area contributed by atoms with Gasteiger partial charge in [-0.1, -0.05) is 61.8 Å². The molecule has 1 heterocycles. The van der Waals surface area contributed by atoms with E-state index >= 15 is 0 Å². The summed E-state index contributed by atoms with van der Waals surface area (Å²) >= 11 is 0. The summed E-state index contributed by atoms with van der Waals surface area (Å²) in [6.45, 7) is 16.7. The van der Waals surface area contributed by atoms with Gasteiger partial charge in [0.15, 0.2) is 6.10 Å². The number of ether oxygens (including phenoxy) is 1. The molecule has 0 bridgehead atoms. The van der Waals surface area contributed by atoms with E-state index in [1.807, 2.05) is 19.1 Å². The number of aliphatic hydroxyl groups is 3. The van der Waals surface area contributed by atoms with Crippen LogP contribution in [0.4, 0.5) is 0 Å². The van der Waals surface area contributed by atoms with Crippen molar-refractivity contribution in [3.63, 3.8) is 0 Å². The average Bonchev–Trinajstić information content (AvgIpc) is 3.68. The number of aldehydes is 1. The highest BCUT2D eigenvalue weighted by molar-refractivity contribution is 5.93. The van der Waals surface area contributed by atoms with E-state index in [4.69, 9.17) is 4.74 Å². The number of allylic oxidation sites excluding steroid dienone is 6. The van der Waals surface area contributed by atoms with E-state index in [-0.39, 0.29) is 29.6 Å². The van der Waals surface area contributed by atoms with Crippen LogP contribution in [0, 0.1) is 47.3 Å². The Balaban J connectivity index is 1.79. The molecular formula is C40H60O6. The van der Waals surface area contributed by atoms with Gasteiger partial charge in [0.2, 0.25) is 0 Å². The first kappa shape index (κ1) is 36.6. The zero-order valence-electron chi connectivity index (χ0n) is 29.5. The maximum Gasteiger partial charge on any atom is 0.335 e. The minimum absolute atomic E-state index is 0.0132. The molecule has 0 aromatic carbocycles. The molecule has 3 N–H and O–H groups in total. The van der Waals surface area contributed by atoms with Gasteiger partial charge in [-0.3, -0.25) is 4.79 Å². The van der Waals surface area contributed by atoms with Crippen molar-refractivity contribution in [1.29, 1.82) is 0 Å². The van der Waals surface area contributed by atoms with Crippen LogP contribution in [0.25, 0.3) is 0 Å². The molecule has 6 heteroatoms. The van der Waals surface area contributed by atoms with Crippen molar-refractivity contribution in [2.24, 2.45) is 47.3 Å². The molecule has 0 spiro atoms. The van der Waals surface area contributed by atoms with Crippen LogP contribution in [0.5, 0.6) is 0 Å². The quantitative estimate of drug-likeness (QED) is 0.124. The van der Waals surface area contributed by atoms with E-state index in [1.54, 1.807) is 0 Å². The molecule has 4 rings (SSSR count). The average molecular weight is 637 g/mol. The standard InChI is InChI=1S/C40H60O6/c1-22(2)12-9-15-25(6)33-31(42)18-24(5)14-11-17-28(21-41)35(33)38(44)39-36-30-20-29(30)27(8)19-32(43)34(37(36)40(45)46-39)26(7)16-10-13-23(3)4/h12-14,17,21,25-27,29-35,38-39,42-44H,9-11,15-16,18-20H2,1-8H3/b24-14+,28-17-/t25-,26-,27-,29+,30+,31-,32-,33-,34-,35-,38-,39-/m0/s1. The van der Waals surface area contributed by atoms with Gasteiger partial charge in [-0.25, -0.2) is 4.79 Å². The molecule has 0 unspecified atom stereocenters. The summed E-state index contributed by atoms with van der Waals surface area (Å²) in [5, 5.41) is 35.9. The number of cyclic esters (lactones) is 1. The lowest BCUT2D eigenvalue weighted by Crippen LogP contribution is -2.46. The molecule has 3 aliphatic carbocycles.